The third kappa shape index (κ3) is 8.60. The average molecular weight is 670 g/mol. The summed E-state index contributed by atoms with van der Waals surface area (Å²) in [6.07, 6.45) is 4.38. The van der Waals surface area contributed by atoms with Gasteiger partial charge >= 0.3 is 5.97 Å². The fourth-order valence-corrected chi connectivity index (χ4v) is 6.45. The number of methoxy groups -OCH3 is 1. The van der Waals surface area contributed by atoms with Gasteiger partial charge in [0.2, 0.25) is 0 Å². The van der Waals surface area contributed by atoms with E-state index in [-0.39, 0.29) is 12.5 Å². The lowest BCUT2D eigenvalue weighted by Gasteiger charge is -2.14. The molecular formula is C37H39N3O7S. The van der Waals surface area contributed by atoms with Crippen molar-refractivity contribution in [3.63, 3.8) is 0 Å². The summed E-state index contributed by atoms with van der Waals surface area (Å²) in [6, 6.07) is 19.9. The van der Waals surface area contributed by atoms with Crippen molar-refractivity contribution < 1.29 is 33.3 Å². The SMILES string of the molecule is CCOC(=O)c1c(NC(=O)c2ccc(OC(C)C(=O)N/N=C/c3ccc(OCc4ccc(C)cc4)c(OC)c3)cc2)sc2c1CCCC2. The van der Waals surface area contributed by atoms with Crippen LogP contribution >= 0.6 is 11.3 Å². The molecule has 1 atom stereocenters. The van der Waals surface area contributed by atoms with E-state index in [0.29, 0.717) is 45.5 Å². The topological polar surface area (TPSA) is 125 Å². The highest BCUT2D eigenvalue weighted by atomic mass is 32.1. The van der Waals surface area contributed by atoms with Crippen LogP contribution in [-0.2, 0) is 29.0 Å². The number of benzene rings is 3. The first-order valence-electron chi connectivity index (χ1n) is 15.8. The van der Waals surface area contributed by atoms with Crippen LogP contribution in [0.15, 0.2) is 71.8 Å². The number of aryl methyl sites for hydroxylation is 2. The van der Waals surface area contributed by atoms with Crippen LogP contribution in [0.1, 0.15) is 74.5 Å². The quantitative estimate of drug-likeness (QED) is 0.0905. The number of anilines is 1. The Morgan fingerprint density at radius 3 is 2.46 bits per heavy atom. The van der Waals surface area contributed by atoms with E-state index in [2.05, 4.69) is 15.8 Å². The lowest BCUT2D eigenvalue weighted by Crippen LogP contribution is -2.33. The van der Waals surface area contributed by atoms with Crippen molar-refractivity contribution in [2.24, 2.45) is 5.10 Å². The Bertz CT molecular complexity index is 1780. The van der Waals surface area contributed by atoms with Gasteiger partial charge in [0.05, 0.1) is 25.5 Å². The molecule has 4 aromatic rings. The van der Waals surface area contributed by atoms with Gasteiger partial charge < -0.3 is 24.3 Å². The number of nitrogens with zero attached hydrogens (tertiary/aromatic N) is 1. The Morgan fingerprint density at radius 2 is 1.73 bits per heavy atom. The molecule has 0 aliphatic heterocycles. The molecule has 2 amide bonds. The second-order valence-corrected chi connectivity index (χ2v) is 12.4. The summed E-state index contributed by atoms with van der Waals surface area (Å²) in [7, 11) is 1.56. The van der Waals surface area contributed by atoms with Crippen LogP contribution in [0.5, 0.6) is 17.2 Å². The first-order chi connectivity index (χ1) is 23.2. The van der Waals surface area contributed by atoms with Crippen LogP contribution < -0.4 is 25.0 Å². The van der Waals surface area contributed by atoms with E-state index in [1.54, 1.807) is 57.4 Å². The van der Waals surface area contributed by atoms with Crippen molar-refractivity contribution in [1.29, 1.82) is 0 Å². The van der Waals surface area contributed by atoms with Crippen LogP contribution in [0.25, 0.3) is 0 Å². The van der Waals surface area contributed by atoms with Gasteiger partial charge in [0, 0.05) is 10.4 Å². The van der Waals surface area contributed by atoms with Gasteiger partial charge in [-0.05, 0) is 106 Å². The molecule has 10 nitrogen and oxygen atoms in total. The molecule has 1 aliphatic carbocycles. The summed E-state index contributed by atoms with van der Waals surface area (Å²) >= 11 is 1.44. The molecule has 0 saturated carbocycles. The normalized spacial score (nSPS) is 12.9. The molecule has 0 bridgehead atoms. The molecule has 0 saturated heterocycles. The van der Waals surface area contributed by atoms with Gasteiger partial charge in [-0.15, -0.1) is 11.3 Å². The molecule has 5 rings (SSSR count). The zero-order valence-corrected chi connectivity index (χ0v) is 28.3. The number of hydrazone groups is 1. The number of nitrogens with one attached hydrogen (secondary N) is 2. The van der Waals surface area contributed by atoms with Crippen molar-refractivity contribution in [3.8, 4) is 17.2 Å². The van der Waals surface area contributed by atoms with Gasteiger partial charge in [-0.3, -0.25) is 9.59 Å². The summed E-state index contributed by atoms with van der Waals surface area (Å²) in [6.45, 7) is 6.07. The summed E-state index contributed by atoms with van der Waals surface area (Å²) in [4.78, 5) is 39.6. The molecule has 250 valence electrons. The number of ether oxygens (including phenoxy) is 4. The minimum Gasteiger partial charge on any atom is -0.493 e. The maximum Gasteiger partial charge on any atom is 0.341 e. The Balaban J connectivity index is 1.13. The number of rotatable bonds is 13. The number of amides is 2. The van der Waals surface area contributed by atoms with E-state index < -0.39 is 18.0 Å². The average Bonchev–Trinajstić information content (AvgIpc) is 3.46. The minimum absolute atomic E-state index is 0.260. The fraction of sp³-hybridized carbons (Fsp3) is 0.297. The lowest BCUT2D eigenvalue weighted by atomic mass is 9.95. The van der Waals surface area contributed by atoms with Crippen LogP contribution in [0, 0.1) is 6.92 Å². The van der Waals surface area contributed by atoms with Crippen LogP contribution in [0.2, 0.25) is 0 Å². The van der Waals surface area contributed by atoms with E-state index in [0.717, 1.165) is 41.7 Å². The van der Waals surface area contributed by atoms with Crippen molar-refractivity contribution in [2.45, 2.75) is 59.2 Å². The first kappa shape index (κ1) is 34.2. The van der Waals surface area contributed by atoms with Gasteiger partial charge in [0.1, 0.15) is 17.4 Å². The zero-order chi connectivity index (χ0) is 34.0. The smallest absolute Gasteiger partial charge is 0.341 e. The number of hydrogen-bond acceptors (Lipinski definition) is 9. The molecule has 48 heavy (non-hydrogen) atoms. The van der Waals surface area contributed by atoms with Crippen LogP contribution in [-0.4, -0.2) is 43.8 Å². The lowest BCUT2D eigenvalue weighted by molar-refractivity contribution is -0.127. The highest BCUT2D eigenvalue weighted by Crippen LogP contribution is 2.39. The van der Waals surface area contributed by atoms with Gasteiger partial charge in [-0.25, -0.2) is 10.2 Å². The molecule has 1 aliphatic rings. The number of fused-ring (bicyclic) bond motifs is 1. The number of thiophene rings is 1. The van der Waals surface area contributed by atoms with E-state index in [9.17, 15) is 14.4 Å². The molecule has 2 N–H and O–H groups in total. The predicted molar refractivity (Wildman–Crippen MR) is 186 cm³/mol. The zero-order valence-electron chi connectivity index (χ0n) is 27.5. The molecule has 0 fully saturated rings. The van der Waals surface area contributed by atoms with E-state index in [1.165, 1.54) is 23.1 Å². The van der Waals surface area contributed by atoms with Crippen molar-refractivity contribution in [3.05, 3.63) is 105 Å². The molecule has 3 aromatic carbocycles. The summed E-state index contributed by atoms with van der Waals surface area (Å²) in [5.41, 5.74) is 7.25. The highest BCUT2D eigenvalue weighted by Gasteiger charge is 2.27. The summed E-state index contributed by atoms with van der Waals surface area (Å²) < 4.78 is 22.5. The third-order valence-electron chi connectivity index (χ3n) is 7.77. The highest BCUT2D eigenvalue weighted by molar-refractivity contribution is 7.17. The summed E-state index contributed by atoms with van der Waals surface area (Å²) in [5, 5.41) is 7.48. The molecule has 0 radical (unpaired) electrons. The van der Waals surface area contributed by atoms with Crippen molar-refractivity contribution in [1.82, 2.24) is 5.43 Å². The number of carbonyl (C=O) groups excluding carboxylic acids is 3. The molecule has 1 aromatic heterocycles. The third-order valence-corrected chi connectivity index (χ3v) is 8.97. The Hall–Kier alpha value is -5.16. The monoisotopic (exact) mass is 669 g/mol. The molecule has 0 spiro atoms. The van der Waals surface area contributed by atoms with Crippen molar-refractivity contribution >= 4 is 40.3 Å². The molecule has 1 unspecified atom stereocenters. The van der Waals surface area contributed by atoms with E-state index in [4.69, 9.17) is 18.9 Å². The van der Waals surface area contributed by atoms with Gasteiger partial charge in [0.25, 0.3) is 11.8 Å². The molecule has 11 heteroatoms. The standard InChI is InChI=1S/C37H39N3O7S/c1-5-45-37(43)33-29-8-6-7-9-32(29)48-36(33)39-35(42)27-15-17-28(18-16-27)47-24(3)34(41)40-38-21-26-14-19-30(31(20-26)44-4)46-22-25-12-10-23(2)11-13-25/h10-21,24H,5-9,22H2,1-4H3,(H,39,42)(H,40,41)/b38-21+. The largest absolute Gasteiger partial charge is 0.493 e. The van der Waals surface area contributed by atoms with E-state index in [1.807, 2.05) is 37.3 Å². The van der Waals surface area contributed by atoms with Crippen LogP contribution in [0.3, 0.4) is 0 Å². The van der Waals surface area contributed by atoms with Crippen LogP contribution in [0.4, 0.5) is 5.00 Å². The number of carbonyl (C=O) groups is 3. The molecular weight excluding hydrogens is 630 g/mol. The number of esters is 1. The Kier molecular flexibility index (Phi) is 11.5. The maximum absolute atomic E-state index is 13.1. The predicted octanol–water partition coefficient (Wildman–Crippen LogP) is 6.87. The second-order valence-electron chi connectivity index (χ2n) is 11.3. The Labute approximate surface area is 284 Å². The van der Waals surface area contributed by atoms with Gasteiger partial charge in [0.15, 0.2) is 17.6 Å². The second kappa shape index (κ2) is 16.1. The van der Waals surface area contributed by atoms with Gasteiger partial charge in [-0.1, -0.05) is 29.8 Å². The summed E-state index contributed by atoms with van der Waals surface area (Å²) in [5.74, 6) is 0.323. The fourth-order valence-electron chi connectivity index (χ4n) is 5.18. The van der Waals surface area contributed by atoms with Gasteiger partial charge in [-0.2, -0.15) is 5.10 Å². The minimum atomic E-state index is -0.863. The molecule has 1 heterocycles. The maximum atomic E-state index is 13.1. The number of hydrogen-bond donors (Lipinski definition) is 2. The Morgan fingerprint density at radius 1 is 0.979 bits per heavy atom. The first-order valence-corrected chi connectivity index (χ1v) is 16.7. The van der Waals surface area contributed by atoms with Crippen molar-refractivity contribution in [2.75, 3.05) is 19.0 Å². The van der Waals surface area contributed by atoms with E-state index >= 15 is 0 Å².